The largest absolute Gasteiger partial charge is 0.455 e. The summed E-state index contributed by atoms with van der Waals surface area (Å²) in [5.41, 5.74) is 0.737. The summed E-state index contributed by atoms with van der Waals surface area (Å²) < 4.78 is 7.17. The highest BCUT2D eigenvalue weighted by atomic mass is 35.5. The summed E-state index contributed by atoms with van der Waals surface area (Å²) in [6, 6.07) is 9.73. The molecule has 0 aliphatic carbocycles. The van der Waals surface area contributed by atoms with Crippen LogP contribution in [0.4, 0.5) is 11.4 Å². The van der Waals surface area contributed by atoms with Gasteiger partial charge in [0, 0.05) is 23.4 Å². The third kappa shape index (κ3) is 5.04. The molecule has 1 amide bonds. The lowest BCUT2D eigenvalue weighted by Crippen LogP contribution is -2.24. The van der Waals surface area contributed by atoms with Crippen molar-refractivity contribution in [1.82, 2.24) is 9.78 Å². The molecule has 0 saturated heterocycles. The van der Waals surface area contributed by atoms with Crippen molar-refractivity contribution in [3.8, 4) is 11.5 Å². The quantitative estimate of drug-likeness (QED) is 0.413. The van der Waals surface area contributed by atoms with Crippen molar-refractivity contribution >= 4 is 40.5 Å². The zero-order valence-corrected chi connectivity index (χ0v) is 16.9. The summed E-state index contributed by atoms with van der Waals surface area (Å²) in [5, 5.41) is 18.8. The Kier molecular flexibility index (Phi) is 6.05. The highest BCUT2D eigenvalue weighted by Gasteiger charge is 2.19. The molecule has 29 heavy (non-hydrogen) atoms. The van der Waals surface area contributed by atoms with Crippen molar-refractivity contribution in [2.75, 3.05) is 5.32 Å². The van der Waals surface area contributed by atoms with Crippen LogP contribution in [0.15, 0.2) is 48.7 Å². The Labute approximate surface area is 176 Å². The van der Waals surface area contributed by atoms with E-state index in [0.29, 0.717) is 5.02 Å². The molecule has 2 aromatic carbocycles. The minimum Gasteiger partial charge on any atom is -0.455 e. The van der Waals surface area contributed by atoms with Crippen molar-refractivity contribution in [2.24, 2.45) is 0 Å². The maximum Gasteiger partial charge on any atom is 0.275 e. The average Bonchev–Trinajstić information content (AvgIpc) is 3.09. The highest BCUT2D eigenvalue weighted by molar-refractivity contribution is 6.35. The standard InChI is InChI=1S/C19H16Cl2N4O4/c1-11-5-6-24(23-11)12(2)19(26)22-14-8-15(25(27)28)10-16(9-14)29-18-4-3-13(20)7-17(18)21/h3-10,12H,1-2H3,(H,22,26). The molecular formula is C19H16Cl2N4O4. The van der Waals surface area contributed by atoms with Crippen LogP contribution in [-0.2, 0) is 4.79 Å². The number of nitrogens with zero attached hydrogens (tertiary/aromatic N) is 3. The number of hydrogen-bond donors (Lipinski definition) is 1. The van der Waals surface area contributed by atoms with Gasteiger partial charge >= 0.3 is 0 Å². The van der Waals surface area contributed by atoms with E-state index in [4.69, 9.17) is 27.9 Å². The lowest BCUT2D eigenvalue weighted by Gasteiger charge is -2.14. The van der Waals surface area contributed by atoms with Crippen LogP contribution in [0.5, 0.6) is 11.5 Å². The molecular weight excluding hydrogens is 419 g/mol. The van der Waals surface area contributed by atoms with Gasteiger partial charge in [0.25, 0.3) is 5.69 Å². The molecule has 150 valence electrons. The van der Waals surface area contributed by atoms with Gasteiger partial charge in [-0.05, 0) is 38.1 Å². The zero-order chi connectivity index (χ0) is 21.1. The number of aromatic nitrogens is 2. The number of hydrogen-bond acceptors (Lipinski definition) is 5. The third-order valence-electron chi connectivity index (χ3n) is 4.01. The van der Waals surface area contributed by atoms with Crippen LogP contribution in [0, 0.1) is 17.0 Å². The Morgan fingerprint density at radius 2 is 2.00 bits per heavy atom. The van der Waals surface area contributed by atoms with E-state index in [9.17, 15) is 14.9 Å². The van der Waals surface area contributed by atoms with Crippen molar-refractivity contribution in [3.05, 3.63) is 74.5 Å². The minimum absolute atomic E-state index is 0.140. The molecule has 1 atom stereocenters. The second-order valence-electron chi connectivity index (χ2n) is 6.25. The Hall–Kier alpha value is -3.10. The number of nitro benzene ring substituents is 1. The summed E-state index contributed by atoms with van der Waals surface area (Å²) >= 11 is 12.0. The van der Waals surface area contributed by atoms with Crippen molar-refractivity contribution in [3.63, 3.8) is 0 Å². The van der Waals surface area contributed by atoms with Crippen molar-refractivity contribution in [2.45, 2.75) is 19.9 Å². The van der Waals surface area contributed by atoms with E-state index in [2.05, 4.69) is 10.4 Å². The van der Waals surface area contributed by atoms with Crippen LogP contribution < -0.4 is 10.1 Å². The van der Waals surface area contributed by atoms with E-state index in [1.807, 2.05) is 6.92 Å². The van der Waals surface area contributed by atoms with Crippen molar-refractivity contribution < 1.29 is 14.5 Å². The molecule has 1 heterocycles. The molecule has 0 fully saturated rings. The van der Waals surface area contributed by atoms with E-state index in [-0.39, 0.29) is 33.8 Å². The molecule has 0 aliphatic heterocycles. The predicted octanol–water partition coefficient (Wildman–Crippen LogP) is 5.40. The monoisotopic (exact) mass is 434 g/mol. The average molecular weight is 435 g/mol. The Bertz CT molecular complexity index is 1080. The number of rotatable bonds is 6. The van der Waals surface area contributed by atoms with Gasteiger partial charge in [0.05, 0.1) is 27.4 Å². The van der Waals surface area contributed by atoms with Crippen LogP contribution >= 0.6 is 23.2 Å². The van der Waals surface area contributed by atoms with Crippen LogP contribution in [0.25, 0.3) is 0 Å². The molecule has 3 aromatic rings. The third-order valence-corrected chi connectivity index (χ3v) is 4.54. The Balaban J connectivity index is 1.86. The number of ether oxygens (including phenoxy) is 1. The predicted molar refractivity (Wildman–Crippen MR) is 110 cm³/mol. The Morgan fingerprint density at radius 1 is 1.24 bits per heavy atom. The van der Waals surface area contributed by atoms with E-state index in [1.54, 1.807) is 31.3 Å². The second kappa shape index (κ2) is 8.50. The number of anilines is 1. The maximum atomic E-state index is 12.5. The van der Waals surface area contributed by atoms with Gasteiger partial charge in [-0.1, -0.05) is 23.2 Å². The number of non-ortho nitro benzene ring substituents is 1. The molecule has 10 heteroatoms. The fourth-order valence-electron chi connectivity index (χ4n) is 2.52. The van der Waals surface area contributed by atoms with Crippen LogP contribution in [0.2, 0.25) is 10.0 Å². The Morgan fingerprint density at radius 3 is 2.62 bits per heavy atom. The van der Waals surface area contributed by atoms with Gasteiger partial charge in [0.15, 0.2) is 0 Å². The van der Waals surface area contributed by atoms with E-state index in [0.717, 1.165) is 5.69 Å². The number of nitro groups is 1. The molecule has 0 saturated carbocycles. The summed E-state index contributed by atoms with van der Waals surface area (Å²) in [7, 11) is 0. The first-order valence-electron chi connectivity index (χ1n) is 8.48. The van der Waals surface area contributed by atoms with Gasteiger partial charge in [-0.2, -0.15) is 5.10 Å². The highest BCUT2D eigenvalue weighted by Crippen LogP contribution is 2.34. The number of carbonyl (C=O) groups is 1. The normalized spacial score (nSPS) is 11.7. The number of carbonyl (C=O) groups excluding carboxylic acids is 1. The van der Waals surface area contributed by atoms with Gasteiger partial charge in [0.2, 0.25) is 5.91 Å². The van der Waals surface area contributed by atoms with Gasteiger partial charge in [-0.15, -0.1) is 0 Å². The maximum absolute atomic E-state index is 12.5. The topological polar surface area (TPSA) is 99.3 Å². The van der Waals surface area contributed by atoms with Gasteiger partial charge < -0.3 is 10.1 Å². The first kappa shape index (κ1) is 20.6. The molecule has 1 N–H and O–H groups in total. The number of amides is 1. The summed E-state index contributed by atoms with van der Waals surface area (Å²) in [5.74, 6) is 0.0274. The lowest BCUT2D eigenvalue weighted by atomic mass is 10.2. The molecule has 1 aromatic heterocycles. The zero-order valence-electron chi connectivity index (χ0n) is 15.4. The van der Waals surface area contributed by atoms with E-state index < -0.39 is 11.0 Å². The first-order chi connectivity index (χ1) is 13.7. The minimum atomic E-state index is -0.613. The number of aryl methyl sites for hydroxylation is 1. The fourth-order valence-corrected chi connectivity index (χ4v) is 2.97. The SMILES string of the molecule is Cc1ccn(C(C)C(=O)Nc2cc(Oc3ccc(Cl)cc3Cl)cc([N+](=O)[O-])c2)n1. The summed E-state index contributed by atoms with van der Waals surface area (Å²) in [6.45, 7) is 3.48. The van der Waals surface area contributed by atoms with E-state index in [1.165, 1.54) is 28.9 Å². The first-order valence-corrected chi connectivity index (χ1v) is 9.23. The smallest absolute Gasteiger partial charge is 0.275 e. The number of nitrogens with one attached hydrogen (secondary N) is 1. The molecule has 3 rings (SSSR count). The van der Waals surface area contributed by atoms with Gasteiger partial charge in [-0.3, -0.25) is 19.6 Å². The molecule has 0 bridgehead atoms. The van der Waals surface area contributed by atoms with Gasteiger partial charge in [0.1, 0.15) is 17.5 Å². The van der Waals surface area contributed by atoms with E-state index >= 15 is 0 Å². The number of benzene rings is 2. The van der Waals surface area contributed by atoms with Crippen LogP contribution in [0.1, 0.15) is 18.7 Å². The fraction of sp³-hybridized carbons (Fsp3) is 0.158. The lowest BCUT2D eigenvalue weighted by molar-refractivity contribution is -0.384. The molecule has 0 spiro atoms. The van der Waals surface area contributed by atoms with Gasteiger partial charge in [-0.25, -0.2) is 0 Å². The summed E-state index contributed by atoms with van der Waals surface area (Å²) in [4.78, 5) is 23.3. The molecule has 1 unspecified atom stereocenters. The number of halogens is 2. The summed E-state index contributed by atoms with van der Waals surface area (Å²) in [6.07, 6.45) is 1.68. The molecule has 0 aliphatic rings. The molecule has 0 radical (unpaired) electrons. The molecule has 8 nitrogen and oxygen atoms in total. The van der Waals surface area contributed by atoms with Crippen LogP contribution in [-0.4, -0.2) is 20.6 Å². The van der Waals surface area contributed by atoms with Crippen LogP contribution in [0.3, 0.4) is 0 Å². The second-order valence-corrected chi connectivity index (χ2v) is 7.10. The van der Waals surface area contributed by atoms with Crippen molar-refractivity contribution in [1.29, 1.82) is 0 Å².